The number of rotatable bonds is 11. The van der Waals surface area contributed by atoms with E-state index in [4.69, 9.17) is 19.2 Å². The third kappa shape index (κ3) is 8.75. The molecule has 1 aromatic heterocycles. The van der Waals surface area contributed by atoms with E-state index in [0.717, 1.165) is 70.7 Å². The van der Waals surface area contributed by atoms with E-state index in [9.17, 15) is 19.2 Å². The molecule has 4 aliphatic rings. The Bertz CT molecular complexity index is 1980. The monoisotopic (exact) mass is 779 g/mol. The second-order valence-corrected chi connectivity index (χ2v) is 15.6. The van der Waals surface area contributed by atoms with Gasteiger partial charge in [-0.15, -0.1) is 0 Å². The molecule has 57 heavy (non-hydrogen) atoms. The lowest BCUT2D eigenvalue weighted by molar-refractivity contribution is -0.136. The fourth-order valence-corrected chi connectivity index (χ4v) is 8.56. The maximum absolute atomic E-state index is 14.0. The smallest absolute Gasteiger partial charge is 0.407 e. The average molecular weight is 780 g/mol. The number of nitrogens with zero attached hydrogens (tertiary/aromatic N) is 4. The molecule has 0 saturated carbocycles. The summed E-state index contributed by atoms with van der Waals surface area (Å²) < 4.78 is 15.2. The van der Waals surface area contributed by atoms with Crippen LogP contribution in [0.3, 0.4) is 0 Å². The molecule has 0 radical (unpaired) electrons. The highest BCUT2D eigenvalue weighted by atomic mass is 16.5. The van der Waals surface area contributed by atoms with E-state index in [1.807, 2.05) is 36.0 Å². The quantitative estimate of drug-likeness (QED) is 0.210. The lowest BCUT2D eigenvalue weighted by Gasteiger charge is -2.34. The first-order valence-electron chi connectivity index (χ1n) is 20.0. The van der Waals surface area contributed by atoms with Crippen molar-refractivity contribution in [1.82, 2.24) is 30.4 Å². The van der Waals surface area contributed by atoms with Gasteiger partial charge < -0.3 is 39.6 Å². The number of ether oxygens (including phenoxy) is 3. The Labute approximate surface area is 333 Å². The van der Waals surface area contributed by atoms with E-state index < -0.39 is 24.3 Å². The summed E-state index contributed by atoms with van der Waals surface area (Å²) in [6.07, 6.45) is 7.95. The zero-order chi connectivity index (χ0) is 40.1. The predicted molar refractivity (Wildman–Crippen MR) is 215 cm³/mol. The maximum Gasteiger partial charge on any atom is 0.407 e. The number of H-pyrrole nitrogens is 1. The van der Waals surface area contributed by atoms with Crippen molar-refractivity contribution >= 4 is 35.3 Å². The van der Waals surface area contributed by atoms with Crippen LogP contribution in [0.25, 0.3) is 28.0 Å². The van der Waals surface area contributed by atoms with Gasteiger partial charge in [-0.2, -0.15) is 0 Å². The van der Waals surface area contributed by atoms with Crippen LogP contribution < -0.4 is 10.6 Å². The number of amides is 4. The van der Waals surface area contributed by atoms with E-state index in [1.165, 1.54) is 14.2 Å². The minimum atomic E-state index is -0.686. The number of aromatic amines is 1. The van der Waals surface area contributed by atoms with Crippen LogP contribution in [0.1, 0.15) is 76.2 Å². The van der Waals surface area contributed by atoms with Crippen LogP contribution >= 0.6 is 0 Å². The van der Waals surface area contributed by atoms with E-state index in [1.54, 1.807) is 0 Å². The summed E-state index contributed by atoms with van der Waals surface area (Å²) in [6.45, 7) is 6.18. The van der Waals surface area contributed by atoms with Gasteiger partial charge in [-0.3, -0.25) is 14.6 Å². The van der Waals surface area contributed by atoms with Crippen molar-refractivity contribution in [2.45, 2.75) is 83.0 Å². The fraction of sp³-hybridized carbons (Fsp3) is 0.488. The van der Waals surface area contributed by atoms with E-state index >= 15 is 0 Å². The van der Waals surface area contributed by atoms with Gasteiger partial charge in [0.05, 0.1) is 38.2 Å². The molecule has 3 aromatic rings. The summed E-state index contributed by atoms with van der Waals surface area (Å²) in [5.74, 6) is 0.406. The van der Waals surface area contributed by atoms with Crippen molar-refractivity contribution in [1.29, 1.82) is 0 Å². The Morgan fingerprint density at radius 1 is 0.772 bits per heavy atom. The number of methoxy groups -OCH3 is 2. The molecule has 2 aromatic carbocycles. The predicted octanol–water partition coefficient (Wildman–Crippen LogP) is 6.12. The molecule has 3 N–H and O–H groups in total. The van der Waals surface area contributed by atoms with Crippen LogP contribution in [0.4, 0.5) is 9.59 Å². The number of likely N-dealkylation sites (tertiary alicyclic amines) is 2. The average Bonchev–Trinajstić information content (AvgIpc) is 4.09. The number of nitrogens with one attached hydrogen (secondary N) is 3. The zero-order valence-corrected chi connectivity index (χ0v) is 33.2. The highest BCUT2D eigenvalue weighted by molar-refractivity contribution is 6.04. The molecular formula is C43H53N7O7. The van der Waals surface area contributed by atoms with Gasteiger partial charge >= 0.3 is 12.2 Å². The summed E-state index contributed by atoms with van der Waals surface area (Å²) in [5.41, 5.74) is 7.18. The molecule has 14 heteroatoms. The summed E-state index contributed by atoms with van der Waals surface area (Å²) in [5, 5.41) is 5.52. The number of allylic oxidation sites excluding steroid dienone is 1. The molecule has 0 aliphatic carbocycles. The fourth-order valence-electron chi connectivity index (χ4n) is 8.56. The molecule has 1 unspecified atom stereocenters. The highest BCUT2D eigenvalue weighted by Crippen LogP contribution is 2.35. The number of alkyl carbamates (subject to hydrolysis) is 2. The molecule has 4 atom stereocenters. The number of carbonyl (C=O) groups is 4. The Balaban J connectivity index is 0.967. The van der Waals surface area contributed by atoms with Crippen molar-refractivity contribution in [3.8, 4) is 22.4 Å². The van der Waals surface area contributed by atoms with Gasteiger partial charge in [0, 0.05) is 44.6 Å². The minimum Gasteiger partial charge on any atom is -0.453 e. The van der Waals surface area contributed by atoms with Gasteiger partial charge in [-0.05, 0) is 78.2 Å². The number of carbonyl (C=O) groups excluding carboxylic acids is 4. The van der Waals surface area contributed by atoms with Crippen LogP contribution in [0.15, 0.2) is 65.9 Å². The number of aliphatic imine (C=N–C) groups is 1. The van der Waals surface area contributed by atoms with Crippen molar-refractivity contribution in [3.63, 3.8) is 0 Å². The second-order valence-electron chi connectivity index (χ2n) is 15.6. The van der Waals surface area contributed by atoms with Gasteiger partial charge in [0.2, 0.25) is 11.8 Å². The first kappa shape index (κ1) is 39.7. The molecule has 3 fully saturated rings. The van der Waals surface area contributed by atoms with Gasteiger partial charge in [0.1, 0.15) is 17.9 Å². The van der Waals surface area contributed by atoms with Crippen molar-refractivity contribution < 1.29 is 33.4 Å². The number of hydrogen-bond acceptors (Lipinski definition) is 9. The standard InChI is InChI=1S/C43H53N7O7/c1-26(2)37(47-42(53)55-3)40(51)50-20-6-8-36(50)39-45-25-34(46-39)30-15-13-28(14-16-30)27-9-11-29(12-10-27)32-23-33(44-24-32)35-7-5-19-49(35)41(52)38(48-43(54)56-4)31-17-21-57-22-18-31/h9-16,24-26,31,35-38H,5-8,17-23H2,1-4H3,(H,45,46)(H,47,53)(H,48,54)/t35-,36?,37-,38+/m0/s1. The number of hydrogen-bond donors (Lipinski definition) is 3. The van der Waals surface area contributed by atoms with Gasteiger partial charge in [-0.1, -0.05) is 62.4 Å². The van der Waals surface area contributed by atoms with Crippen LogP contribution in [0.2, 0.25) is 0 Å². The topological polar surface area (TPSA) is 168 Å². The van der Waals surface area contributed by atoms with Gasteiger partial charge in [0.25, 0.3) is 0 Å². The summed E-state index contributed by atoms with van der Waals surface area (Å²) in [4.78, 5) is 68.4. The summed E-state index contributed by atoms with van der Waals surface area (Å²) in [6, 6.07) is 15.1. The zero-order valence-electron chi connectivity index (χ0n) is 33.2. The van der Waals surface area contributed by atoms with Crippen molar-refractivity contribution in [3.05, 3.63) is 72.3 Å². The molecular weight excluding hydrogens is 727 g/mol. The largest absolute Gasteiger partial charge is 0.453 e. The maximum atomic E-state index is 14.0. The molecule has 14 nitrogen and oxygen atoms in total. The Hall–Kier alpha value is -5.50. The third-order valence-corrected chi connectivity index (χ3v) is 11.8. The van der Waals surface area contributed by atoms with E-state index in [0.29, 0.717) is 45.6 Å². The minimum absolute atomic E-state index is 0.00618. The molecule has 3 saturated heterocycles. The lowest BCUT2D eigenvalue weighted by atomic mass is 9.90. The first-order chi connectivity index (χ1) is 27.6. The molecule has 7 rings (SSSR count). The Morgan fingerprint density at radius 3 is 1.98 bits per heavy atom. The van der Waals surface area contributed by atoms with E-state index in [-0.39, 0.29) is 35.7 Å². The second kappa shape index (κ2) is 17.7. The SMILES string of the molecule is COC(=O)N[C@H](C(=O)N1CCCC1c1ncc(-c2ccc(-c3ccc(C4=CN=C([C@@H]5CCCN5C(=O)[C@H](NC(=O)OC)C5CCOCC5)C4)cc3)cc2)[nH]1)C(C)C. The van der Waals surface area contributed by atoms with Crippen LogP contribution in [-0.4, -0.2) is 108 Å². The molecule has 5 heterocycles. The number of imidazole rings is 1. The van der Waals surface area contributed by atoms with Crippen LogP contribution in [0, 0.1) is 11.8 Å². The summed E-state index contributed by atoms with van der Waals surface area (Å²) in [7, 11) is 2.61. The number of benzene rings is 2. The van der Waals surface area contributed by atoms with Gasteiger partial charge in [0.15, 0.2) is 0 Å². The molecule has 0 spiro atoms. The lowest BCUT2D eigenvalue weighted by Crippen LogP contribution is -2.55. The van der Waals surface area contributed by atoms with Crippen LogP contribution in [-0.2, 0) is 23.8 Å². The third-order valence-electron chi connectivity index (χ3n) is 11.8. The number of aromatic nitrogens is 2. The molecule has 0 bridgehead atoms. The molecule has 4 aliphatic heterocycles. The highest BCUT2D eigenvalue weighted by Gasteiger charge is 2.41. The van der Waals surface area contributed by atoms with Crippen molar-refractivity contribution in [2.75, 3.05) is 40.5 Å². The molecule has 302 valence electrons. The first-order valence-corrected chi connectivity index (χ1v) is 20.0. The Morgan fingerprint density at radius 2 is 1.35 bits per heavy atom. The normalized spacial score (nSPS) is 20.9. The van der Waals surface area contributed by atoms with Crippen LogP contribution in [0.5, 0.6) is 0 Å². The molecule has 4 amide bonds. The van der Waals surface area contributed by atoms with E-state index in [2.05, 4.69) is 69.1 Å². The summed E-state index contributed by atoms with van der Waals surface area (Å²) >= 11 is 0. The van der Waals surface area contributed by atoms with Crippen molar-refractivity contribution in [2.24, 2.45) is 16.8 Å². The Kier molecular flexibility index (Phi) is 12.4. The van der Waals surface area contributed by atoms with Gasteiger partial charge in [-0.25, -0.2) is 14.6 Å².